The molecule has 134 valence electrons. The lowest BCUT2D eigenvalue weighted by molar-refractivity contribution is 0.0702. The second-order valence-electron chi connectivity index (χ2n) is 5.90. The molecule has 25 heavy (non-hydrogen) atoms. The molecular formula is C19H23NO3S2. The summed E-state index contributed by atoms with van der Waals surface area (Å²) < 4.78 is 0. The van der Waals surface area contributed by atoms with Crippen LogP contribution in [0.5, 0.6) is 0 Å². The highest BCUT2D eigenvalue weighted by atomic mass is 32.1. The lowest BCUT2D eigenvalue weighted by atomic mass is 9.97. The van der Waals surface area contributed by atoms with Crippen LogP contribution in [0.2, 0.25) is 0 Å². The Labute approximate surface area is 156 Å². The van der Waals surface area contributed by atoms with E-state index in [1.807, 2.05) is 19.9 Å². The molecule has 0 spiro atoms. The Morgan fingerprint density at radius 1 is 1.04 bits per heavy atom. The van der Waals surface area contributed by atoms with Crippen LogP contribution in [-0.4, -0.2) is 23.4 Å². The molecule has 0 aromatic carbocycles. The molecule has 4 nitrogen and oxygen atoms in total. The molecular weight excluding hydrogens is 354 g/mol. The van der Waals surface area contributed by atoms with Crippen molar-refractivity contribution in [1.29, 1.82) is 0 Å². The molecule has 0 saturated carbocycles. The van der Waals surface area contributed by atoms with Gasteiger partial charge >= 0.3 is 5.97 Å². The normalized spacial score (nSPS) is 13.9. The first kappa shape index (κ1) is 19.6. The number of hydrogen-bond acceptors (Lipinski definition) is 5. The van der Waals surface area contributed by atoms with Crippen LogP contribution in [0, 0.1) is 13.8 Å². The van der Waals surface area contributed by atoms with Gasteiger partial charge < -0.3 is 10.8 Å². The fourth-order valence-electron chi connectivity index (χ4n) is 3.24. The summed E-state index contributed by atoms with van der Waals surface area (Å²) in [5.41, 5.74) is 10.1. The van der Waals surface area contributed by atoms with Crippen molar-refractivity contribution in [3.05, 3.63) is 42.8 Å². The number of carboxylic acid groups (broad SMARTS) is 1. The molecule has 6 heteroatoms. The highest BCUT2D eigenvalue weighted by Crippen LogP contribution is 2.44. The van der Waals surface area contributed by atoms with Gasteiger partial charge in [-0.15, -0.1) is 22.7 Å². The van der Waals surface area contributed by atoms with Crippen LogP contribution in [0.1, 0.15) is 66.9 Å². The van der Waals surface area contributed by atoms with Gasteiger partial charge in [0.05, 0.1) is 11.4 Å². The van der Waals surface area contributed by atoms with Crippen LogP contribution in [0.15, 0.2) is 12.1 Å². The number of carboxylic acids is 1. The summed E-state index contributed by atoms with van der Waals surface area (Å²) in [7, 11) is 0. The zero-order valence-electron chi connectivity index (χ0n) is 13.6. The minimum absolute atomic E-state index is 0. The molecule has 0 aliphatic heterocycles. The Kier molecular flexibility index (Phi) is 5.98. The quantitative estimate of drug-likeness (QED) is 0.719. The number of Topliss-reactive ketones (excluding diaryl/α,β-unsaturated/α-hetero) is 1. The number of ketones is 1. The van der Waals surface area contributed by atoms with E-state index in [-0.39, 0.29) is 19.8 Å². The van der Waals surface area contributed by atoms with Crippen LogP contribution in [0.4, 0.5) is 0 Å². The zero-order valence-corrected chi connectivity index (χ0v) is 15.3. The number of carbonyl (C=O) groups is 2. The monoisotopic (exact) mass is 377 g/mol. The summed E-state index contributed by atoms with van der Waals surface area (Å²) in [6, 6.07) is 3.74. The maximum atomic E-state index is 11.9. The summed E-state index contributed by atoms with van der Waals surface area (Å²) in [6.45, 7) is 4.02. The van der Waals surface area contributed by atoms with E-state index in [4.69, 9.17) is 5.73 Å². The maximum Gasteiger partial charge on any atom is 0.345 e. The van der Waals surface area contributed by atoms with E-state index in [0.717, 1.165) is 40.1 Å². The third-order valence-electron chi connectivity index (χ3n) is 4.37. The van der Waals surface area contributed by atoms with E-state index in [0.29, 0.717) is 9.75 Å². The number of aryl methyl sites for hydroxylation is 2. The van der Waals surface area contributed by atoms with Crippen LogP contribution in [-0.2, 0) is 0 Å². The number of allylic oxidation sites excluding steroid dienone is 2. The highest BCUT2D eigenvalue weighted by molar-refractivity contribution is 7.14. The number of rotatable bonds is 5. The molecule has 0 saturated heterocycles. The smallest absolute Gasteiger partial charge is 0.345 e. The molecule has 1 aliphatic rings. The zero-order chi connectivity index (χ0) is 17.4. The van der Waals surface area contributed by atoms with Crippen molar-refractivity contribution in [3.8, 4) is 0 Å². The first-order valence-corrected chi connectivity index (χ1v) is 9.45. The molecule has 0 fully saturated rings. The third-order valence-corrected chi connectivity index (χ3v) is 6.50. The lowest BCUT2D eigenvalue weighted by Gasteiger charge is -2.07. The van der Waals surface area contributed by atoms with Crippen molar-refractivity contribution in [2.45, 2.75) is 40.5 Å². The van der Waals surface area contributed by atoms with E-state index in [1.54, 1.807) is 6.07 Å². The Hall–Kier alpha value is -1.76. The number of nitrogens with two attached hydrogens (primary N) is 1. The van der Waals surface area contributed by atoms with E-state index in [1.165, 1.54) is 33.8 Å². The largest absolute Gasteiger partial charge is 0.477 e. The van der Waals surface area contributed by atoms with Crippen molar-refractivity contribution in [1.82, 2.24) is 0 Å². The van der Waals surface area contributed by atoms with Gasteiger partial charge in [0.25, 0.3) is 0 Å². The van der Waals surface area contributed by atoms with Gasteiger partial charge in [-0.3, -0.25) is 4.79 Å². The van der Waals surface area contributed by atoms with Crippen LogP contribution < -0.4 is 5.73 Å². The van der Waals surface area contributed by atoms with E-state index in [2.05, 4.69) is 0 Å². The van der Waals surface area contributed by atoms with Gasteiger partial charge in [-0.2, -0.15) is 0 Å². The summed E-state index contributed by atoms with van der Waals surface area (Å²) in [5.74, 6) is -0.911. The van der Waals surface area contributed by atoms with E-state index in [9.17, 15) is 14.7 Å². The summed E-state index contributed by atoms with van der Waals surface area (Å²) in [6.07, 6.45) is 2.96. The van der Waals surface area contributed by atoms with Crippen molar-refractivity contribution >= 4 is 45.6 Å². The van der Waals surface area contributed by atoms with Gasteiger partial charge in [-0.05, 0) is 67.5 Å². The van der Waals surface area contributed by atoms with Crippen LogP contribution in [0.3, 0.4) is 0 Å². The molecule has 0 bridgehead atoms. The highest BCUT2D eigenvalue weighted by Gasteiger charge is 2.24. The summed E-state index contributed by atoms with van der Waals surface area (Å²) in [4.78, 5) is 26.4. The van der Waals surface area contributed by atoms with Gasteiger partial charge in [0.15, 0.2) is 5.78 Å². The molecule has 0 radical (unpaired) electrons. The topological polar surface area (TPSA) is 80.4 Å². The molecule has 1 aliphatic carbocycles. The van der Waals surface area contributed by atoms with Gasteiger partial charge in [-0.1, -0.05) is 7.43 Å². The van der Waals surface area contributed by atoms with Gasteiger partial charge in [-0.25, -0.2) is 4.79 Å². The second kappa shape index (κ2) is 7.64. The maximum absolute atomic E-state index is 11.9. The molecule has 3 rings (SSSR count). The molecule has 2 aromatic heterocycles. The average Bonchev–Trinajstić information content (AvgIpc) is 3.23. The van der Waals surface area contributed by atoms with Crippen molar-refractivity contribution in [2.24, 2.45) is 5.73 Å². The standard InChI is InChI=1S/C18H19NO3S2.CH4/c1-9-13(6-16(23-9)15(20)8-19)11-4-3-5-12(11)14-7-17(18(21)22)24-10(14)2;/h6-7H,3-5,8,19H2,1-2H3,(H,21,22);1H4. The second-order valence-corrected chi connectivity index (χ2v) is 8.42. The first-order chi connectivity index (χ1) is 11.4. The van der Waals surface area contributed by atoms with E-state index < -0.39 is 5.97 Å². The Morgan fingerprint density at radius 2 is 1.52 bits per heavy atom. The first-order valence-electron chi connectivity index (χ1n) is 7.82. The number of aromatic carboxylic acids is 1. The van der Waals surface area contributed by atoms with Crippen molar-refractivity contribution in [2.75, 3.05) is 6.54 Å². The SMILES string of the molecule is C.Cc1sc(C(=O)O)cc1C1=C(c2cc(C(=O)CN)sc2C)CCC1. The minimum Gasteiger partial charge on any atom is -0.477 e. The predicted molar refractivity (Wildman–Crippen MR) is 106 cm³/mol. The molecule has 0 atom stereocenters. The summed E-state index contributed by atoms with van der Waals surface area (Å²) >= 11 is 2.81. The molecule has 2 heterocycles. The third kappa shape index (κ3) is 3.61. The molecule has 3 N–H and O–H groups in total. The number of thiophene rings is 2. The van der Waals surface area contributed by atoms with Crippen molar-refractivity contribution < 1.29 is 14.7 Å². The Morgan fingerprint density at radius 3 is 1.96 bits per heavy atom. The Balaban J connectivity index is 0.00000225. The fraction of sp³-hybridized carbons (Fsp3) is 0.368. The van der Waals surface area contributed by atoms with Gasteiger partial charge in [0.1, 0.15) is 4.88 Å². The van der Waals surface area contributed by atoms with Gasteiger partial charge in [0, 0.05) is 9.75 Å². The predicted octanol–water partition coefficient (Wildman–Crippen LogP) is 5.00. The summed E-state index contributed by atoms with van der Waals surface area (Å²) in [5, 5.41) is 9.23. The minimum atomic E-state index is -0.878. The van der Waals surface area contributed by atoms with E-state index >= 15 is 0 Å². The fourth-order valence-corrected chi connectivity index (χ4v) is 5.13. The lowest BCUT2D eigenvalue weighted by Crippen LogP contribution is -2.11. The molecule has 0 amide bonds. The number of hydrogen-bond donors (Lipinski definition) is 2. The van der Waals surface area contributed by atoms with Crippen LogP contribution >= 0.6 is 22.7 Å². The number of carbonyl (C=O) groups excluding carboxylic acids is 1. The van der Waals surface area contributed by atoms with Crippen molar-refractivity contribution in [3.63, 3.8) is 0 Å². The Bertz CT molecular complexity index is 858. The molecule has 2 aromatic rings. The van der Waals surface area contributed by atoms with Gasteiger partial charge in [0.2, 0.25) is 0 Å². The average molecular weight is 378 g/mol. The van der Waals surface area contributed by atoms with Crippen LogP contribution in [0.25, 0.3) is 11.1 Å². The molecule has 0 unspecified atom stereocenters.